The van der Waals surface area contributed by atoms with Crippen molar-refractivity contribution >= 4 is 17.7 Å². The van der Waals surface area contributed by atoms with Crippen LogP contribution in [0.15, 0.2) is 18.2 Å². The minimum absolute atomic E-state index is 0.0125. The van der Waals surface area contributed by atoms with Crippen LogP contribution in [0.3, 0.4) is 0 Å². The molecule has 0 aromatic heterocycles. The van der Waals surface area contributed by atoms with Gasteiger partial charge in [0, 0.05) is 25.2 Å². The minimum atomic E-state index is -1.13. The van der Waals surface area contributed by atoms with Crippen molar-refractivity contribution in [2.24, 2.45) is 0 Å². The Hall–Kier alpha value is -1.41. The van der Waals surface area contributed by atoms with Gasteiger partial charge in [0.2, 0.25) is 0 Å². The van der Waals surface area contributed by atoms with E-state index in [-0.39, 0.29) is 24.3 Å². The molecule has 0 spiro atoms. The number of carbonyl (C=O) groups is 1. The summed E-state index contributed by atoms with van der Waals surface area (Å²) in [6, 6.07) is 4.70. The molecule has 0 saturated carbocycles. The van der Waals surface area contributed by atoms with Crippen LogP contribution in [-0.2, 0) is 9.47 Å². The topological polar surface area (TPSA) is 79.8 Å². The van der Waals surface area contributed by atoms with Gasteiger partial charge >= 0.3 is 6.09 Å². The van der Waals surface area contributed by atoms with Gasteiger partial charge in [0.1, 0.15) is 18.0 Å². The van der Waals surface area contributed by atoms with Crippen LogP contribution in [0.25, 0.3) is 0 Å². The lowest BCUT2D eigenvalue weighted by Crippen LogP contribution is -2.43. The maximum atomic E-state index is 14.2. The van der Waals surface area contributed by atoms with E-state index in [1.165, 1.54) is 6.07 Å². The molecule has 1 aromatic rings. The molecule has 6 nitrogen and oxygen atoms in total. The van der Waals surface area contributed by atoms with E-state index in [0.717, 1.165) is 6.54 Å². The Bertz CT molecular complexity index is 512. The average molecular weight is 333 g/mol. The van der Waals surface area contributed by atoms with Gasteiger partial charge in [0.05, 0.1) is 18.2 Å². The zero-order chi connectivity index (χ0) is 15.9. The summed E-state index contributed by atoms with van der Waals surface area (Å²) in [6.45, 7) is 1.95. The van der Waals surface area contributed by atoms with Crippen molar-refractivity contribution in [1.82, 2.24) is 10.6 Å². The summed E-state index contributed by atoms with van der Waals surface area (Å²) in [5, 5.41) is 13.9. The van der Waals surface area contributed by atoms with E-state index < -0.39 is 18.0 Å². The highest BCUT2D eigenvalue weighted by Gasteiger charge is 2.29. The lowest BCUT2D eigenvalue weighted by molar-refractivity contribution is -0.0864. The molecule has 22 heavy (non-hydrogen) atoms. The van der Waals surface area contributed by atoms with E-state index in [9.17, 15) is 9.18 Å². The van der Waals surface area contributed by atoms with Gasteiger partial charge in [0.25, 0.3) is 0 Å². The summed E-state index contributed by atoms with van der Waals surface area (Å²) in [5.74, 6) is -0.547. The SMILES string of the molecule is O=C(O)NCCO[C@@H](c1cccc(Cl)c1F)[C@H]1CNCCO1. The first-order valence-corrected chi connectivity index (χ1v) is 7.32. The number of hydrogen-bond acceptors (Lipinski definition) is 4. The lowest BCUT2D eigenvalue weighted by atomic mass is 10.0. The summed E-state index contributed by atoms with van der Waals surface area (Å²) in [5.41, 5.74) is 0.302. The van der Waals surface area contributed by atoms with E-state index in [1.54, 1.807) is 12.1 Å². The second-order valence-corrected chi connectivity index (χ2v) is 5.19. The van der Waals surface area contributed by atoms with Crippen LogP contribution in [0.4, 0.5) is 9.18 Å². The van der Waals surface area contributed by atoms with Gasteiger partial charge in [-0.05, 0) is 6.07 Å². The summed E-state index contributed by atoms with van der Waals surface area (Å²) in [4.78, 5) is 10.4. The predicted octanol–water partition coefficient (Wildman–Crippen LogP) is 1.79. The van der Waals surface area contributed by atoms with Crippen molar-refractivity contribution in [3.8, 4) is 0 Å². The molecule has 0 bridgehead atoms. The third-order valence-corrected chi connectivity index (χ3v) is 3.55. The molecule has 1 heterocycles. The zero-order valence-corrected chi connectivity index (χ0v) is 12.6. The van der Waals surface area contributed by atoms with Crippen molar-refractivity contribution in [3.05, 3.63) is 34.6 Å². The second-order valence-electron chi connectivity index (χ2n) is 4.78. The molecule has 0 radical (unpaired) electrons. The molecule has 1 amide bonds. The fraction of sp³-hybridized carbons (Fsp3) is 0.500. The summed E-state index contributed by atoms with van der Waals surface area (Å²) >= 11 is 5.82. The number of morpholine rings is 1. The van der Waals surface area contributed by atoms with Gasteiger partial charge in [-0.25, -0.2) is 9.18 Å². The van der Waals surface area contributed by atoms with E-state index in [0.29, 0.717) is 18.7 Å². The van der Waals surface area contributed by atoms with Crippen molar-refractivity contribution in [3.63, 3.8) is 0 Å². The quantitative estimate of drug-likeness (QED) is 0.692. The Morgan fingerprint density at radius 1 is 1.64 bits per heavy atom. The van der Waals surface area contributed by atoms with Crippen LogP contribution in [0.2, 0.25) is 5.02 Å². The fourth-order valence-electron chi connectivity index (χ4n) is 2.26. The Morgan fingerprint density at radius 2 is 2.45 bits per heavy atom. The number of hydrogen-bond donors (Lipinski definition) is 3. The summed E-state index contributed by atoms with van der Waals surface area (Å²) < 4.78 is 25.5. The highest BCUT2D eigenvalue weighted by molar-refractivity contribution is 6.30. The molecule has 1 aliphatic heterocycles. The second kappa shape index (κ2) is 8.28. The van der Waals surface area contributed by atoms with Crippen molar-refractivity contribution in [2.45, 2.75) is 12.2 Å². The molecule has 3 N–H and O–H groups in total. The first-order chi connectivity index (χ1) is 10.6. The van der Waals surface area contributed by atoms with Gasteiger partial charge in [0.15, 0.2) is 0 Å². The third kappa shape index (κ3) is 4.54. The molecule has 1 saturated heterocycles. The van der Waals surface area contributed by atoms with E-state index in [4.69, 9.17) is 26.2 Å². The molecular weight excluding hydrogens is 315 g/mol. The van der Waals surface area contributed by atoms with Gasteiger partial charge in [-0.3, -0.25) is 0 Å². The molecule has 2 atom stereocenters. The van der Waals surface area contributed by atoms with Crippen LogP contribution >= 0.6 is 11.6 Å². The number of halogens is 2. The molecular formula is C14H18ClFN2O4. The number of carboxylic acid groups (broad SMARTS) is 1. The Kier molecular flexibility index (Phi) is 6.38. The van der Waals surface area contributed by atoms with Crippen LogP contribution < -0.4 is 10.6 Å². The highest BCUT2D eigenvalue weighted by atomic mass is 35.5. The normalized spacial score (nSPS) is 19.6. The monoisotopic (exact) mass is 332 g/mol. The molecule has 1 aromatic carbocycles. The molecule has 122 valence electrons. The standard InChI is InChI=1S/C14H18ClFN2O4/c15-10-3-1-2-9(12(10)16)13(11-8-17-4-6-21-11)22-7-5-18-14(19)20/h1-3,11,13,17-18H,4-8H2,(H,19,20)/t11-,13+/m1/s1. The van der Waals surface area contributed by atoms with Crippen LogP contribution in [0.5, 0.6) is 0 Å². The van der Waals surface area contributed by atoms with Crippen LogP contribution in [-0.4, -0.2) is 50.2 Å². The largest absolute Gasteiger partial charge is 0.465 e. The van der Waals surface area contributed by atoms with Crippen molar-refractivity contribution in [1.29, 1.82) is 0 Å². The van der Waals surface area contributed by atoms with E-state index >= 15 is 0 Å². The molecule has 0 unspecified atom stereocenters. The smallest absolute Gasteiger partial charge is 0.404 e. The Balaban J connectivity index is 2.10. The van der Waals surface area contributed by atoms with Gasteiger partial charge < -0.3 is 25.2 Å². The van der Waals surface area contributed by atoms with Crippen molar-refractivity contribution in [2.75, 3.05) is 32.8 Å². The maximum Gasteiger partial charge on any atom is 0.404 e. The molecule has 1 aliphatic rings. The van der Waals surface area contributed by atoms with Crippen LogP contribution in [0, 0.1) is 5.82 Å². The first kappa shape index (κ1) is 17.0. The number of ether oxygens (including phenoxy) is 2. The zero-order valence-electron chi connectivity index (χ0n) is 11.9. The summed E-state index contributed by atoms with van der Waals surface area (Å²) in [6.07, 6.45) is -2.17. The Labute approximate surface area is 132 Å². The number of rotatable bonds is 6. The lowest BCUT2D eigenvalue weighted by Gasteiger charge is -2.31. The molecule has 0 aliphatic carbocycles. The molecule has 8 heteroatoms. The Morgan fingerprint density at radius 3 is 3.14 bits per heavy atom. The van der Waals surface area contributed by atoms with E-state index in [1.807, 2.05) is 0 Å². The van der Waals surface area contributed by atoms with Gasteiger partial charge in [-0.2, -0.15) is 0 Å². The number of benzene rings is 1. The highest BCUT2D eigenvalue weighted by Crippen LogP contribution is 2.29. The number of nitrogens with one attached hydrogen (secondary N) is 2. The number of amides is 1. The average Bonchev–Trinajstić information content (AvgIpc) is 2.51. The molecule has 1 fully saturated rings. The fourth-order valence-corrected chi connectivity index (χ4v) is 2.44. The minimum Gasteiger partial charge on any atom is -0.465 e. The predicted molar refractivity (Wildman–Crippen MR) is 78.7 cm³/mol. The van der Waals surface area contributed by atoms with Gasteiger partial charge in [-0.1, -0.05) is 23.7 Å². The molecule has 2 rings (SSSR count). The summed E-state index contributed by atoms with van der Waals surface area (Å²) in [7, 11) is 0. The van der Waals surface area contributed by atoms with Crippen molar-refractivity contribution < 1.29 is 23.8 Å². The third-order valence-electron chi connectivity index (χ3n) is 3.26. The first-order valence-electron chi connectivity index (χ1n) is 6.94. The van der Waals surface area contributed by atoms with Gasteiger partial charge in [-0.15, -0.1) is 0 Å². The van der Waals surface area contributed by atoms with Crippen LogP contribution in [0.1, 0.15) is 11.7 Å². The van der Waals surface area contributed by atoms with E-state index in [2.05, 4.69) is 10.6 Å². The maximum absolute atomic E-state index is 14.2.